The number of Topliss-reactive ketones (excluding diaryl/α,β-unsaturated/α-hetero) is 1. The summed E-state index contributed by atoms with van der Waals surface area (Å²) in [5, 5.41) is -0.787. The largest absolute Gasteiger partial charge is 0.381 e. The van der Waals surface area contributed by atoms with Gasteiger partial charge in [0.2, 0.25) is 15.9 Å². The van der Waals surface area contributed by atoms with Gasteiger partial charge in [-0.1, -0.05) is 20.3 Å². The van der Waals surface area contributed by atoms with Crippen molar-refractivity contribution in [2.24, 2.45) is 17.8 Å². The van der Waals surface area contributed by atoms with Gasteiger partial charge in [-0.15, -0.1) is 0 Å². The molecule has 1 saturated heterocycles. The number of hydrogen-bond donors (Lipinski definition) is 0. The molecule has 0 aromatic carbocycles. The monoisotopic (exact) mass is 345 g/mol. The van der Waals surface area contributed by atoms with Gasteiger partial charge in [0.1, 0.15) is 5.78 Å². The van der Waals surface area contributed by atoms with Gasteiger partial charge in [0, 0.05) is 37.8 Å². The van der Waals surface area contributed by atoms with E-state index in [0.29, 0.717) is 13.2 Å². The molecule has 0 unspecified atom stereocenters. The lowest BCUT2D eigenvalue weighted by molar-refractivity contribution is -0.130. The Hall–Kier alpha value is -0.950. The van der Waals surface area contributed by atoms with Crippen LogP contribution in [0.5, 0.6) is 0 Å². The molecular weight excluding hydrogens is 318 g/mol. The first-order chi connectivity index (χ1) is 10.7. The number of amides is 1. The van der Waals surface area contributed by atoms with Crippen LogP contribution in [-0.2, 0) is 24.3 Å². The third-order valence-electron chi connectivity index (χ3n) is 5.32. The number of ketones is 1. The van der Waals surface area contributed by atoms with E-state index < -0.39 is 27.2 Å². The number of rotatable bonds is 5. The van der Waals surface area contributed by atoms with Crippen LogP contribution in [0.4, 0.5) is 0 Å². The summed E-state index contributed by atoms with van der Waals surface area (Å²) in [6, 6.07) is -0.419. The zero-order valence-electron chi connectivity index (χ0n) is 14.3. The van der Waals surface area contributed by atoms with Gasteiger partial charge in [0.25, 0.3) is 0 Å². The Bertz CT molecular complexity index is 573. The number of fused-ring (bicyclic) bond motifs is 1. The second kappa shape index (κ2) is 6.89. The number of carbonyl (C=O) groups excluding carboxylic acids is 2. The van der Waals surface area contributed by atoms with Crippen LogP contribution in [0.3, 0.4) is 0 Å². The molecule has 0 N–H and O–H groups in total. The smallest absolute Gasteiger partial charge is 0.241 e. The van der Waals surface area contributed by atoms with Gasteiger partial charge in [0.05, 0.1) is 11.9 Å². The van der Waals surface area contributed by atoms with Crippen LogP contribution in [0.15, 0.2) is 0 Å². The van der Waals surface area contributed by atoms with Crippen molar-refractivity contribution in [2.45, 2.75) is 58.2 Å². The summed E-state index contributed by atoms with van der Waals surface area (Å²) in [7, 11) is -3.75. The summed E-state index contributed by atoms with van der Waals surface area (Å²) in [6.07, 6.45) is 1.97. The molecule has 1 aliphatic heterocycles. The summed E-state index contributed by atoms with van der Waals surface area (Å²) < 4.78 is 32.0. The summed E-state index contributed by atoms with van der Waals surface area (Å²) in [6.45, 7) is 7.95. The van der Waals surface area contributed by atoms with Gasteiger partial charge in [-0.3, -0.25) is 9.59 Å². The predicted molar refractivity (Wildman–Crippen MR) is 86.2 cm³/mol. The molecule has 0 aromatic heterocycles. The summed E-state index contributed by atoms with van der Waals surface area (Å²) >= 11 is 0. The minimum Gasteiger partial charge on any atom is -0.381 e. The van der Waals surface area contributed by atoms with Crippen LogP contribution >= 0.6 is 0 Å². The topological polar surface area (TPSA) is 80.8 Å². The molecule has 0 radical (unpaired) electrons. The molecule has 2 rings (SSSR count). The SMILES string of the molecule is CCCCOC[C@@H]1[C@@H]2[C@@H](C)N(C(C)=O)S(=O)(=O)[C@@H]2CC(=O)[C@H]1C. The molecule has 5 atom stereocenters. The van der Waals surface area contributed by atoms with E-state index in [2.05, 4.69) is 6.92 Å². The van der Waals surface area contributed by atoms with Crippen LogP contribution in [0.1, 0.15) is 47.0 Å². The predicted octanol–water partition coefficient (Wildman–Crippen LogP) is 1.59. The second-order valence-electron chi connectivity index (χ2n) is 6.77. The zero-order valence-corrected chi connectivity index (χ0v) is 15.1. The van der Waals surface area contributed by atoms with Crippen molar-refractivity contribution in [3.05, 3.63) is 0 Å². The van der Waals surface area contributed by atoms with E-state index in [4.69, 9.17) is 4.74 Å². The molecule has 1 amide bonds. The van der Waals surface area contributed by atoms with Crippen molar-refractivity contribution in [1.29, 1.82) is 0 Å². The van der Waals surface area contributed by atoms with Gasteiger partial charge >= 0.3 is 0 Å². The molecule has 2 aliphatic rings. The number of unbranched alkanes of at least 4 members (excludes halogenated alkanes) is 1. The van der Waals surface area contributed by atoms with E-state index in [0.717, 1.165) is 17.1 Å². The number of ether oxygens (including phenoxy) is 1. The van der Waals surface area contributed by atoms with Crippen molar-refractivity contribution >= 4 is 21.7 Å². The minimum atomic E-state index is -3.75. The van der Waals surface area contributed by atoms with E-state index in [1.165, 1.54) is 6.92 Å². The molecule has 1 saturated carbocycles. The van der Waals surface area contributed by atoms with E-state index in [1.807, 2.05) is 6.92 Å². The number of sulfonamides is 1. The van der Waals surface area contributed by atoms with Crippen molar-refractivity contribution in [3.8, 4) is 0 Å². The van der Waals surface area contributed by atoms with Crippen LogP contribution in [0.2, 0.25) is 0 Å². The highest BCUT2D eigenvalue weighted by Gasteiger charge is 2.59. The zero-order chi connectivity index (χ0) is 17.4. The Labute approximate surface area is 138 Å². The molecule has 7 heteroatoms. The Kier molecular flexibility index (Phi) is 5.51. The van der Waals surface area contributed by atoms with E-state index in [-0.39, 0.29) is 30.0 Å². The summed E-state index contributed by atoms with van der Waals surface area (Å²) in [5.74, 6) is -1.15. The molecule has 1 aliphatic carbocycles. The Morgan fingerprint density at radius 1 is 1.35 bits per heavy atom. The van der Waals surface area contributed by atoms with Crippen molar-refractivity contribution in [3.63, 3.8) is 0 Å². The van der Waals surface area contributed by atoms with Crippen LogP contribution < -0.4 is 0 Å². The molecule has 2 fully saturated rings. The molecule has 132 valence electrons. The fraction of sp³-hybridized carbons (Fsp3) is 0.875. The maximum absolute atomic E-state index is 12.7. The Morgan fingerprint density at radius 2 is 2.00 bits per heavy atom. The van der Waals surface area contributed by atoms with Gasteiger partial charge in [-0.2, -0.15) is 0 Å². The molecule has 0 bridgehead atoms. The number of hydrogen-bond acceptors (Lipinski definition) is 5. The van der Waals surface area contributed by atoms with Crippen molar-refractivity contribution in [1.82, 2.24) is 4.31 Å². The Balaban J connectivity index is 2.28. The summed E-state index contributed by atoms with van der Waals surface area (Å²) in [5.41, 5.74) is 0. The molecule has 6 nitrogen and oxygen atoms in total. The van der Waals surface area contributed by atoms with Gasteiger partial charge in [0.15, 0.2) is 0 Å². The molecule has 1 heterocycles. The molecule has 23 heavy (non-hydrogen) atoms. The fourth-order valence-corrected chi connectivity index (χ4v) is 6.52. The van der Waals surface area contributed by atoms with Gasteiger partial charge < -0.3 is 4.74 Å². The first-order valence-corrected chi connectivity index (χ1v) is 9.88. The molecule has 0 spiro atoms. The lowest BCUT2D eigenvalue weighted by atomic mass is 9.69. The second-order valence-corrected chi connectivity index (χ2v) is 8.80. The average molecular weight is 345 g/mol. The molecule has 0 aromatic rings. The van der Waals surface area contributed by atoms with Crippen molar-refractivity contribution < 1.29 is 22.7 Å². The van der Waals surface area contributed by atoms with Crippen molar-refractivity contribution in [2.75, 3.05) is 13.2 Å². The minimum absolute atomic E-state index is 0.00769. The third kappa shape index (κ3) is 3.18. The fourth-order valence-electron chi connectivity index (χ4n) is 4.06. The average Bonchev–Trinajstić information content (AvgIpc) is 2.65. The number of nitrogens with zero attached hydrogens (tertiary/aromatic N) is 1. The van der Waals surface area contributed by atoms with Gasteiger partial charge in [-0.25, -0.2) is 12.7 Å². The maximum Gasteiger partial charge on any atom is 0.241 e. The first kappa shape index (κ1) is 18.4. The van der Waals surface area contributed by atoms with E-state index in [1.54, 1.807) is 6.92 Å². The van der Waals surface area contributed by atoms with E-state index >= 15 is 0 Å². The van der Waals surface area contributed by atoms with Crippen LogP contribution in [0.25, 0.3) is 0 Å². The number of carbonyl (C=O) groups is 2. The van der Waals surface area contributed by atoms with Crippen LogP contribution in [0, 0.1) is 17.8 Å². The highest BCUT2D eigenvalue weighted by Crippen LogP contribution is 2.46. The quantitative estimate of drug-likeness (QED) is 0.707. The highest BCUT2D eigenvalue weighted by atomic mass is 32.2. The lowest BCUT2D eigenvalue weighted by Gasteiger charge is -2.37. The van der Waals surface area contributed by atoms with Crippen LogP contribution in [-0.4, -0.2) is 48.9 Å². The standard InChI is InChI=1S/C16H27NO5S/c1-5-6-7-22-9-13-10(2)14(19)8-15-16(13)11(3)17(12(4)18)23(15,20)21/h10-11,13,15-16H,5-9H2,1-4H3/t10-,11+,13-,15+,16-/m0/s1. The molecular formula is C16H27NO5S. The lowest BCUT2D eigenvalue weighted by Crippen LogP contribution is -2.46. The van der Waals surface area contributed by atoms with Gasteiger partial charge in [-0.05, 0) is 19.3 Å². The Morgan fingerprint density at radius 3 is 2.57 bits per heavy atom. The highest BCUT2D eigenvalue weighted by molar-refractivity contribution is 7.90. The van der Waals surface area contributed by atoms with E-state index in [9.17, 15) is 18.0 Å². The third-order valence-corrected chi connectivity index (χ3v) is 7.71. The maximum atomic E-state index is 12.7. The first-order valence-electron chi connectivity index (χ1n) is 8.37. The normalized spacial score (nSPS) is 36.1. The summed E-state index contributed by atoms with van der Waals surface area (Å²) in [4.78, 5) is 24.1.